The van der Waals surface area contributed by atoms with E-state index < -0.39 is 0 Å². The number of halogens is 1. The molecule has 0 aromatic carbocycles. The molecule has 18 heavy (non-hydrogen) atoms. The van der Waals surface area contributed by atoms with Crippen LogP contribution >= 0.6 is 22.6 Å². The van der Waals surface area contributed by atoms with E-state index in [-0.39, 0.29) is 22.5 Å². The molecule has 0 N–H and O–H groups in total. The Hall–Kier alpha value is -0.441. The molecule has 0 radical (unpaired) electrons. The Morgan fingerprint density at radius 2 is 1.67 bits per heavy atom. The molecule has 102 valence electrons. The average Bonchev–Trinajstić information content (AvgIpc) is 2.26. The first-order chi connectivity index (χ1) is 7.86. The van der Waals surface area contributed by atoms with Crippen LogP contribution < -0.4 is 9.47 Å². The molecule has 0 spiro atoms. The minimum atomic E-state index is -0.186. The first kappa shape index (κ1) is 17.6. The second-order valence-corrected chi connectivity index (χ2v) is 5.64. The minimum absolute atomic E-state index is 0. The number of aromatic nitrogens is 1. The van der Waals surface area contributed by atoms with E-state index in [2.05, 4.69) is 33.5 Å². The molecule has 0 aliphatic rings. The van der Waals surface area contributed by atoms with Gasteiger partial charge < -0.3 is 20.9 Å². The second kappa shape index (κ2) is 6.65. The van der Waals surface area contributed by atoms with E-state index in [1.165, 1.54) is 0 Å². The molecule has 0 aliphatic heterocycles. The molecule has 0 fully saturated rings. The summed E-state index contributed by atoms with van der Waals surface area (Å²) < 4.78 is 11.5. The molecule has 0 saturated heterocycles. The maximum absolute atomic E-state index is 7.27. The van der Waals surface area contributed by atoms with Crippen molar-refractivity contribution >= 4 is 22.6 Å². The van der Waals surface area contributed by atoms with Crippen molar-refractivity contribution in [1.82, 2.24) is 4.98 Å². The van der Waals surface area contributed by atoms with E-state index in [4.69, 9.17) is 15.9 Å². The van der Waals surface area contributed by atoms with Crippen molar-refractivity contribution in [1.29, 1.82) is 0 Å². The van der Waals surface area contributed by atoms with Crippen molar-refractivity contribution in [3.63, 3.8) is 0 Å². The van der Waals surface area contributed by atoms with Crippen LogP contribution in [-0.2, 0) is 22.5 Å². The van der Waals surface area contributed by atoms with E-state index >= 15 is 0 Å². The fourth-order valence-corrected chi connectivity index (χ4v) is 2.21. The summed E-state index contributed by atoms with van der Waals surface area (Å²) in [5.74, 6) is 3.57. The van der Waals surface area contributed by atoms with Gasteiger partial charge in [0, 0.05) is 8.99 Å². The third-order valence-electron chi connectivity index (χ3n) is 2.29. The molecule has 0 unspecified atom stereocenters. The predicted molar refractivity (Wildman–Crippen MR) is 75.0 cm³/mol. The van der Waals surface area contributed by atoms with Crippen molar-refractivity contribution in [3.05, 3.63) is 21.4 Å². The predicted octanol–water partition coefficient (Wildman–Crippen LogP) is 2.94. The van der Waals surface area contributed by atoms with Gasteiger partial charge in [-0.25, -0.2) is 0 Å². The van der Waals surface area contributed by atoms with Gasteiger partial charge in [-0.05, 0) is 5.69 Å². The summed E-state index contributed by atoms with van der Waals surface area (Å²) in [7, 11) is 3.18. The monoisotopic (exact) mass is 407 g/mol. The first-order valence-corrected chi connectivity index (χ1v) is 6.19. The summed E-state index contributed by atoms with van der Waals surface area (Å²) in [5.41, 5.74) is 1.06. The Labute approximate surface area is 133 Å². The van der Waals surface area contributed by atoms with E-state index in [0.717, 1.165) is 9.26 Å². The topological polar surface area (TPSA) is 31.4 Å². The molecule has 0 aliphatic carbocycles. The molecule has 0 bridgehead atoms. The smallest absolute Gasteiger partial charge is 0.493 e. The largest absolute Gasteiger partial charge is 1.00 e. The molecule has 1 aromatic heterocycles. The van der Waals surface area contributed by atoms with Crippen molar-refractivity contribution < 1.29 is 26.5 Å². The third kappa shape index (κ3) is 3.31. The van der Waals surface area contributed by atoms with Crippen LogP contribution in [0.4, 0.5) is 0 Å². The van der Waals surface area contributed by atoms with E-state index in [1.807, 2.05) is 20.8 Å². The average molecular weight is 408 g/mol. The Balaban J connectivity index is 0.00000289. The maximum Gasteiger partial charge on any atom is 1.00 e. The molecule has 5 heteroatoms. The van der Waals surface area contributed by atoms with Crippen molar-refractivity contribution in [3.8, 4) is 17.4 Å². The fourth-order valence-electron chi connectivity index (χ4n) is 1.49. The molecular formula is C13H15CuINO2. The van der Waals surface area contributed by atoms with Gasteiger partial charge >= 0.3 is 17.1 Å². The normalized spacial score (nSPS) is 10.3. The van der Waals surface area contributed by atoms with Gasteiger partial charge in [-0.15, -0.1) is 0 Å². The Morgan fingerprint density at radius 3 is 2.00 bits per heavy atom. The first-order valence-electron chi connectivity index (χ1n) is 5.11. The Kier molecular flexibility index (Phi) is 6.48. The zero-order valence-corrected chi connectivity index (χ0v) is 14.0. The SMILES string of the molecule is [C-]#Cc1nc(C(C)(C)C)c(OC)c(OC)c1I.[Cu+]. The van der Waals surface area contributed by atoms with Crippen LogP contribution in [0.1, 0.15) is 32.2 Å². The van der Waals surface area contributed by atoms with Crippen molar-refractivity contribution in [2.45, 2.75) is 26.2 Å². The van der Waals surface area contributed by atoms with Crippen LogP contribution in [0.5, 0.6) is 11.5 Å². The van der Waals surface area contributed by atoms with Crippen LogP contribution in [0.15, 0.2) is 0 Å². The second-order valence-electron chi connectivity index (χ2n) is 4.56. The van der Waals surface area contributed by atoms with E-state index in [9.17, 15) is 0 Å². The molecule has 1 aromatic rings. The summed E-state index contributed by atoms with van der Waals surface area (Å²) >= 11 is 2.08. The number of rotatable bonds is 2. The Morgan fingerprint density at radius 1 is 1.17 bits per heavy atom. The number of nitrogens with zero attached hydrogens (tertiary/aromatic N) is 1. The molecule has 1 heterocycles. The summed E-state index contributed by atoms with van der Waals surface area (Å²) in [6, 6.07) is 0. The minimum Gasteiger partial charge on any atom is -0.493 e. The van der Waals surface area contributed by atoms with Gasteiger partial charge in [-0.2, -0.15) is 0 Å². The summed E-state index contributed by atoms with van der Waals surface area (Å²) in [4.78, 5) is 4.43. The van der Waals surface area contributed by atoms with Crippen LogP contribution in [0.2, 0.25) is 0 Å². The molecular weight excluding hydrogens is 393 g/mol. The molecule has 0 atom stereocenters. The number of hydrogen-bond acceptors (Lipinski definition) is 3. The summed E-state index contributed by atoms with van der Waals surface area (Å²) in [5, 5.41) is 0. The summed E-state index contributed by atoms with van der Waals surface area (Å²) in [6.45, 7) is 6.12. The molecule has 0 saturated carbocycles. The standard InChI is InChI=1S/C13H15INO2.Cu/c1-7-8-9(14)10(16-5)11(17-6)12(15-8)13(2,3)4;/h2-6H3;/q-1;+1. The number of hydrogen-bond donors (Lipinski definition) is 0. The van der Waals surface area contributed by atoms with Gasteiger partial charge in [0.15, 0.2) is 11.5 Å². The summed E-state index contributed by atoms with van der Waals surface area (Å²) in [6.07, 6.45) is 7.27. The number of methoxy groups -OCH3 is 2. The van der Waals surface area contributed by atoms with Crippen LogP contribution in [0.3, 0.4) is 0 Å². The van der Waals surface area contributed by atoms with Gasteiger partial charge in [-0.3, -0.25) is 5.92 Å². The van der Waals surface area contributed by atoms with Gasteiger partial charge in [0.1, 0.15) is 0 Å². The van der Waals surface area contributed by atoms with Gasteiger partial charge in [-0.1, -0.05) is 43.4 Å². The number of pyridine rings is 1. The van der Waals surface area contributed by atoms with Gasteiger partial charge in [0.2, 0.25) is 0 Å². The van der Waals surface area contributed by atoms with Gasteiger partial charge in [0.05, 0.1) is 19.9 Å². The maximum atomic E-state index is 7.27. The molecule has 0 amide bonds. The molecule has 3 nitrogen and oxygen atoms in total. The third-order valence-corrected chi connectivity index (χ3v) is 3.29. The Bertz CT molecular complexity index is 475. The van der Waals surface area contributed by atoms with Crippen LogP contribution in [0.25, 0.3) is 0 Å². The van der Waals surface area contributed by atoms with Crippen molar-refractivity contribution in [2.24, 2.45) is 0 Å². The van der Waals surface area contributed by atoms with Crippen molar-refractivity contribution in [2.75, 3.05) is 14.2 Å². The van der Waals surface area contributed by atoms with Crippen LogP contribution in [0, 0.1) is 15.9 Å². The van der Waals surface area contributed by atoms with E-state index in [1.54, 1.807) is 14.2 Å². The zero-order valence-electron chi connectivity index (χ0n) is 10.9. The molecule has 1 rings (SSSR count). The zero-order chi connectivity index (χ0) is 13.2. The van der Waals surface area contributed by atoms with Crippen LogP contribution in [-0.4, -0.2) is 19.2 Å². The quantitative estimate of drug-likeness (QED) is 0.327. The fraction of sp³-hybridized carbons (Fsp3) is 0.462. The number of ether oxygens (including phenoxy) is 2. The van der Waals surface area contributed by atoms with E-state index in [0.29, 0.717) is 17.2 Å². The van der Waals surface area contributed by atoms with Gasteiger partial charge in [0.25, 0.3) is 0 Å².